The number of amides is 1. The lowest BCUT2D eigenvalue weighted by Crippen LogP contribution is -2.36. The van der Waals surface area contributed by atoms with Gasteiger partial charge in [0.15, 0.2) is 0 Å². The van der Waals surface area contributed by atoms with E-state index < -0.39 is 5.97 Å². The largest absolute Gasteiger partial charge is 0.480 e. The average molecular weight is 281 g/mol. The number of benzene rings is 1. The quantitative estimate of drug-likeness (QED) is 0.813. The molecular weight excluding hydrogens is 262 g/mol. The first-order valence-corrected chi connectivity index (χ1v) is 7.12. The number of carboxylic acids is 1. The Labute approximate surface area is 117 Å². The van der Waals surface area contributed by atoms with Gasteiger partial charge in [-0.05, 0) is 32.4 Å². The molecule has 1 N–H and O–H groups in total. The first kappa shape index (κ1) is 15.6. The summed E-state index contributed by atoms with van der Waals surface area (Å²) in [6.45, 7) is 6.00. The predicted octanol–water partition coefficient (Wildman–Crippen LogP) is 2.33. The van der Waals surface area contributed by atoms with E-state index in [1.54, 1.807) is 6.92 Å². The van der Waals surface area contributed by atoms with Gasteiger partial charge in [-0.1, -0.05) is 17.7 Å². The van der Waals surface area contributed by atoms with Crippen LogP contribution in [-0.4, -0.2) is 40.7 Å². The molecule has 4 nitrogen and oxygen atoms in total. The maximum atomic E-state index is 11.9. The van der Waals surface area contributed by atoms with Gasteiger partial charge in [0.1, 0.15) is 6.54 Å². The van der Waals surface area contributed by atoms with E-state index in [-0.39, 0.29) is 18.2 Å². The number of nitrogens with zero attached hydrogens (tertiary/aromatic N) is 1. The lowest BCUT2D eigenvalue weighted by atomic mass is 10.2. The number of carboxylic acid groups (broad SMARTS) is 1. The van der Waals surface area contributed by atoms with E-state index in [9.17, 15) is 9.59 Å². The maximum Gasteiger partial charge on any atom is 0.323 e. The zero-order valence-corrected chi connectivity index (χ0v) is 12.3. The molecule has 0 fully saturated rings. The number of carbonyl (C=O) groups is 2. The van der Waals surface area contributed by atoms with E-state index in [2.05, 4.69) is 6.07 Å². The molecule has 5 heteroatoms. The van der Waals surface area contributed by atoms with Crippen LogP contribution in [0.15, 0.2) is 23.1 Å². The SMILES string of the molecule is CCN(CC(=O)O)C(=O)CSc1ccc(C)cc1C. The molecular formula is C14H19NO3S. The smallest absolute Gasteiger partial charge is 0.323 e. The summed E-state index contributed by atoms with van der Waals surface area (Å²) in [7, 11) is 0. The van der Waals surface area contributed by atoms with Crippen molar-refractivity contribution in [3.8, 4) is 0 Å². The predicted molar refractivity (Wildman–Crippen MR) is 76.5 cm³/mol. The number of carbonyl (C=O) groups excluding carboxylic acids is 1. The second-order valence-electron chi connectivity index (χ2n) is 4.36. The summed E-state index contributed by atoms with van der Waals surface area (Å²) in [5, 5.41) is 8.72. The third-order valence-corrected chi connectivity index (χ3v) is 3.90. The highest BCUT2D eigenvalue weighted by molar-refractivity contribution is 8.00. The fraction of sp³-hybridized carbons (Fsp3) is 0.429. The van der Waals surface area contributed by atoms with Crippen LogP contribution in [0.4, 0.5) is 0 Å². The fourth-order valence-electron chi connectivity index (χ4n) is 1.73. The normalized spacial score (nSPS) is 10.3. The van der Waals surface area contributed by atoms with Crippen LogP contribution in [0.3, 0.4) is 0 Å². The summed E-state index contributed by atoms with van der Waals surface area (Å²) in [6.07, 6.45) is 0. The molecule has 0 aromatic heterocycles. The second-order valence-corrected chi connectivity index (χ2v) is 5.38. The highest BCUT2D eigenvalue weighted by Crippen LogP contribution is 2.23. The molecule has 19 heavy (non-hydrogen) atoms. The number of aliphatic carboxylic acids is 1. The van der Waals surface area contributed by atoms with Crippen molar-refractivity contribution in [2.24, 2.45) is 0 Å². The molecule has 0 bridgehead atoms. The number of hydrogen-bond acceptors (Lipinski definition) is 3. The number of thioether (sulfide) groups is 1. The van der Waals surface area contributed by atoms with E-state index in [4.69, 9.17) is 5.11 Å². The van der Waals surface area contributed by atoms with Gasteiger partial charge < -0.3 is 10.0 Å². The molecule has 0 heterocycles. The number of hydrogen-bond donors (Lipinski definition) is 1. The van der Waals surface area contributed by atoms with Crippen molar-refractivity contribution in [1.82, 2.24) is 4.90 Å². The summed E-state index contributed by atoms with van der Waals surface area (Å²) < 4.78 is 0. The van der Waals surface area contributed by atoms with Gasteiger partial charge in [0, 0.05) is 11.4 Å². The fourth-order valence-corrected chi connectivity index (χ4v) is 2.64. The summed E-state index contributed by atoms with van der Waals surface area (Å²) in [4.78, 5) is 24.9. The van der Waals surface area contributed by atoms with Gasteiger partial charge in [-0.2, -0.15) is 0 Å². The van der Waals surface area contributed by atoms with Gasteiger partial charge in [0.25, 0.3) is 0 Å². The van der Waals surface area contributed by atoms with Crippen LogP contribution >= 0.6 is 11.8 Å². The molecule has 0 unspecified atom stereocenters. The van der Waals surface area contributed by atoms with Gasteiger partial charge >= 0.3 is 5.97 Å². The molecule has 1 aromatic carbocycles. The highest BCUT2D eigenvalue weighted by atomic mass is 32.2. The number of likely N-dealkylation sites (N-methyl/N-ethyl adjacent to an activating group) is 1. The van der Waals surface area contributed by atoms with Gasteiger partial charge in [-0.15, -0.1) is 11.8 Å². The Balaban J connectivity index is 2.60. The van der Waals surface area contributed by atoms with Crippen molar-refractivity contribution in [2.45, 2.75) is 25.7 Å². The molecule has 0 aliphatic carbocycles. The molecule has 1 amide bonds. The summed E-state index contributed by atoms with van der Waals surface area (Å²) in [5.41, 5.74) is 2.33. The molecule has 0 saturated heterocycles. The van der Waals surface area contributed by atoms with Crippen LogP contribution in [0.1, 0.15) is 18.1 Å². The second kappa shape index (κ2) is 7.19. The topological polar surface area (TPSA) is 57.6 Å². The van der Waals surface area contributed by atoms with E-state index in [0.717, 1.165) is 10.5 Å². The first-order chi connectivity index (χ1) is 8.93. The van der Waals surface area contributed by atoms with E-state index in [0.29, 0.717) is 6.54 Å². The van der Waals surface area contributed by atoms with E-state index in [1.165, 1.54) is 22.2 Å². The Bertz CT molecular complexity index is 474. The average Bonchev–Trinajstić information content (AvgIpc) is 2.34. The standard InChI is InChI=1S/C14H19NO3S/c1-4-15(8-14(17)18)13(16)9-19-12-6-5-10(2)7-11(12)3/h5-7H,4,8-9H2,1-3H3,(H,17,18). The molecule has 104 valence electrons. The van der Waals surface area contributed by atoms with Crippen LogP contribution in [0.5, 0.6) is 0 Å². The Morgan fingerprint density at radius 2 is 2.00 bits per heavy atom. The van der Waals surface area contributed by atoms with Crippen molar-refractivity contribution in [2.75, 3.05) is 18.8 Å². The van der Waals surface area contributed by atoms with Crippen molar-refractivity contribution >= 4 is 23.6 Å². The zero-order chi connectivity index (χ0) is 14.4. The van der Waals surface area contributed by atoms with Crippen LogP contribution in [-0.2, 0) is 9.59 Å². The van der Waals surface area contributed by atoms with E-state index in [1.807, 2.05) is 26.0 Å². The van der Waals surface area contributed by atoms with Crippen molar-refractivity contribution in [1.29, 1.82) is 0 Å². The van der Waals surface area contributed by atoms with Crippen molar-refractivity contribution in [3.63, 3.8) is 0 Å². The number of aryl methyl sites for hydroxylation is 2. The molecule has 0 aliphatic rings. The van der Waals surface area contributed by atoms with Crippen molar-refractivity contribution in [3.05, 3.63) is 29.3 Å². The van der Waals surface area contributed by atoms with Crippen LogP contribution < -0.4 is 0 Å². The van der Waals surface area contributed by atoms with Gasteiger partial charge in [0.05, 0.1) is 5.75 Å². The Hall–Kier alpha value is -1.49. The number of rotatable bonds is 6. The van der Waals surface area contributed by atoms with Crippen LogP contribution in [0, 0.1) is 13.8 Å². The Morgan fingerprint density at radius 1 is 1.32 bits per heavy atom. The molecule has 0 spiro atoms. The molecule has 0 radical (unpaired) electrons. The highest BCUT2D eigenvalue weighted by Gasteiger charge is 2.15. The monoisotopic (exact) mass is 281 g/mol. The third kappa shape index (κ3) is 4.95. The Morgan fingerprint density at radius 3 is 2.53 bits per heavy atom. The maximum absolute atomic E-state index is 11.9. The van der Waals surface area contributed by atoms with Gasteiger partial charge in [0.2, 0.25) is 5.91 Å². The summed E-state index contributed by atoms with van der Waals surface area (Å²) >= 11 is 1.45. The minimum atomic E-state index is -0.980. The molecule has 1 aromatic rings. The third-order valence-electron chi connectivity index (χ3n) is 2.74. The van der Waals surface area contributed by atoms with Crippen LogP contribution in [0.25, 0.3) is 0 Å². The minimum Gasteiger partial charge on any atom is -0.480 e. The molecule has 0 aliphatic heterocycles. The van der Waals surface area contributed by atoms with E-state index >= 15 is 0 Å². The molecule has 0 atom stereocenters. The minimum absolute atomic E-state index is 0.144. The summed E-state index contributed by atoms with van der Waals surface area (Å²) in [5.74, 6) is -0.855. The zero-order valence-electron chi connectivity index (χ0n) is 11.5. The van der Waals surface area contributed by atoms with Crippen molar-refractivity contribution < 1.29 is 14.7 Å². The summed E-state index contributed by atoms with van der Waals surface area (Å²) in [6, 6.07) is 6.08. The van der Waals surface area contributed by atoms with Gasteiger partial charge in [-0.25, -0.2) is 0 Å². The first-order valence-electron chi connectivity index (χ1n) is 6.13. The van der Waals surface area contributed by atoms with Crippen LogP contribution in [0.2, 0.25) is 0 Å². The Kier molecular flexibility index (Phi) is 5.89. The van der Waals surface area contributed by atoms with Gasteiger partial charge in [-0.3, -0.25) is 9.59 Å². The lowest BCUT2D eigenvalue weighted by Gasteiger charge is -2.18. The molecule has 0 saturated carbocycles. The lowest BCUT2D eigenvalue weighted by molar-refractivity contribution is -0.143. The molecule has 1 rings (SSSR count).